The third-order valence-electron chi connectivity index (χ3n) is 2.97. The maximum atomic E-state index is 11.4. The number of carbonyl (C=O) groups is 2. The van der Waals surface area contributed by atoms with Crippen molar-refractivity contribution >= 4 is 11.9 Å². The first-order chi connectivity index (χ1) is 6.04. The number of esters is 2. The number of cyclic esters (lactones) is 2. The maximum Gasteiger partial charge on any atom is 0.320 e. The SMILES string of the molecule is [CH]C1CC([CH])C2(CC(=O)OC2=O)C1. The fourth-order valence-corrected chi connectivity index (χ4v) is 2.26. The van der Waals surface area contributed by atoms with Crippen LogP contribution in [-0.4, -0.2) is 11.9 Å². The van der Waals surface area contributed by atoms with Crippen LogP contribution in [0.3, 0.4) is 0 Å². The molecule has 3 heteroatoms. The summed E-state index contributed by atoms with van der Waals surface area (Å²) in [5.41, 5.74) is -0.809. The van der Waals surface area contributed by atoms with Crippen molar-refractivity contribution in [2.75, 3.05) is 0 Å². The van der Waals surface area contributed by atoms with E-state index in [2.05, 4.69) is 4.74 Å². The van der Waals surface area contributed by atoms with Crippen molar-refractivity contribution in [1.82, 2.24) is 0 Å². The minimum absolute atomic E-state index is 0.0894. The lowest BCUT2D eigenvalue weighted by atomic mass is 9.77. The molecule has 3 unspecified atom stereocenters. The summed E-state index contributed by atoms with van der Waals surface area (Å²) in [6, 6.07) is 0. The molecule has 1 spiro atoms. The Morgan fingerprint density at radius 1 is 1.38 bits per heavy atom. The van der Waals surface area contributed by atoms with E-state index >= 15 is 0 Å². The lowest BCUT2D eigenvalue weighted by molar-refractivity contribution is -0.155. The van der Waals surface area contributed by atoms with E-state index < -0.39 is 17.4 Å². The normalized spacial score (nSPS) is 44.5. The molecule has 0 amide bonds. The van der Waals surface area contributed by atoms with Crippen molar-refractivity contribution in [3.8, 4) is 0 Å². The minimum atomic E-state index is -0.809. The van der Waals surface area contributed by atoms with E-state index in [9.17, 15) is 9.59 Å². The zero-order valence-corrected chi connectivity index (χ0v) is 7.16. The highest BCUT2D eigenvalue weighted by atomic mass is 16.6. The molecule has 1 aliphatic carbocycles. The van der Waals surface area contributed by atoms with E-state index in [4.69, 9.17) is 13.8 Å². The second kappa shape index (κ2) is 2.56. The Bertz CT molecular complexity index is 271. The zero-order valence-electron chi connectivity index (χ0n) is 7.16. The van der Waals surface area contributed by atoms with Crippen molar-refractivity contribution in [3.63, 3.8) is 0 Å². The summed E-state index contributed by atoms with van der Waals surface area (Å²) in [5.74, 6) is -1.39. The van der Waals surface area contributed by atoms with Gasteiger partial charge in [0.25, 0.3) is 0 Å². The van der Waals surface area contributed by atoms with Gasteiger partial charge in [-0.05, 0) is 38.5 Å². The Morgan fingerprint density at radius 3 is 2.46 bits per heavy atom. The molecule has 1 aliphatic heterocycles. The first kappa shape index (κ1) is 8.73. The largest absolute Gasteiger partial charge is 0.393 e. The predicted molar refractivity (Wildman–Crippen MR) is 43.0 cm³/mol. The van der Waals surface area contributed by atoms with Crippen LogP contribution in [0.25, 0.3) is 0 Å². The molecular formula is C10H10O3. The van der Waals surface area contributed by atoms with Gasteiger partial charge < -0.3 is 4.74 Å². The number of ether oxygens (including phenoxy) is 1. The van der Waals surface area contributed by atoms with Crippen LogP contribution in [0.1, 0.15) is 19.3 Å². The Morgan fingerprint density at radius 2 is 2.08 bits per heavy atom. The molecule has 0 aromatic heterocycles. The van der Waals surface area contributed by atoms with Gasteiger partial charge in [0.2, 0.25) is 0 Å². The molecule has 2 aliphatic rings. The zero-order chi connectivity index (χ0) is 9.64. The highest BCUT2D eigenvalue weighted by Gasteiger charge is 2.56. The molecule has 3 nitrogen and oxygen atoms in total. The van der Waals surface area contributed by atoms with Crippen LogP contribution in [-0.2, 0) is 14.3 Å². The monoisotopic (exact) mass is 178 g/mol. The van der Waals surface area contributed by atoms with Gasteiger partial charge in [-0.3, -0.25) is 9.59 Å². The fraction of sp³-hybridized carbons (Fsp3) is 0.600. The lowest BCUT2D eigenvalue weighted by Gasteiger charge is -2.21. The van der Waals surface area contributed by atoms with Gasteiger partial charge in [0, 0.05) is 0 Å². The van der Waals surface area contributed by atoms with Gasteiger partial charge in [0.15, 0.2) is 0 Å². The van der Waals surface area contributed by atoms with E-state index in [0.717, 1.165) is 0 Å². The smallest absolute Gasteiger partial charge is 0.320 e. The minimum Gasteiger partial charge on any atom is -0.393 e. The summed E-state index contributed by atoms with van der Waals surface area (Å²) >= 11 is 0. The van der Waals surface area contributed by atoms with Gasteiger partial charge in [0.1, 0.15) is 0 Å². The van der Waals surface area contributed by atoms with Crippen molar-refractivity contribution in [3.05, 3.63) is 13.8 Å². The third-order valence-corrected chi connectivity index (χ3v) is 2.97. The quantitative estimate of drug-likeness (QED) is 0.409. The van der Waals surface area contributed by atoms with Crippen molar-refractivity contribution < 1.29 is 14.3 Å². The molecule has 0 aromatic carbocycles. The van der Waals surface area contributed by atoms with Crippen LogP contribution in [0.4, 0.5) is 0 Å². The Labute approximate surface area is 77.4 Å². The molecule has 2 fully saturated rings. The highest BCUT2D eigenvalue weighted by Crippen LogP contribution is 2.51. The van der Waals surface area contributed by atoms with E-state index in [0.29, 0.717) is 12.8 Å². The van der Waals surface area contributed by atoms with Crippen molar-refractivity contribution in [2.45, 2.75) is 19.3 Å². The van der Waals surface area contributed by atoms with Crippen LogP contribution < -0.4 is 0 Å². The van der Waals surface area contributed by atoms with Crippen molar-refractivity contribution in [1.29, 1.82) is 0 Å². The molecular weight excluding hydrogens is 168 g/mol. The summed E-state index contributed by atoms with van der Waals surface area (Å²) in [6.45, 7) is 11.5. The number of carbonyl (C=O) groups excluding carboxylic acids is 2. The summed E-state index contributed by atoms with van der Waals surface area (Å²) in [7, 11) is 0. The first-order valence-electron chi connectivity index (χ1n) is 4.31. The number of rotatable bonds is 0. The maximum absolute atomic E-state index is 11.4. The summed E-state index contributed by atoms with van der Waals surface area (Å²) in [6.07, 6.45) is 1.15. The van der Waals surface area contributed by atoms with Gasteiger partial charge >= 0.3 is 11.9 Å². The Balaban J connectivity index is 2.30. The molecule has 0 bridgehead atoms. The molecule has 0 aromatic rings. The first-order valence-corrected chi connectivity index (χ1v) is 4.31. The van der Waals surface area contributed by atoms with Crippen LogP contribution in [0.2, 0.25) is 0 Å². The summed E-state index contributed by atoms with van der Waals surface area (Å²) in [5, 5.41) is 0. The second-order valence-electron chi connectivity index (χ2n) is 3.90. The van der Waals surface area contributed by atoms with Gasteiger partial charge in [-0.25, -0.2) is 0 Å². The molecule has 1 saturated carbocycles. The van der Waals surface area contributed by atoms with E-state index in [1.165, 1.54) is 0 Å². The molecule has 13 heavy (non-hydrogen) atoms. The van der Waals surface area contributed by atoms with Crippen LogP contribution in [0.5, 0.6) is 0 Å². The molecule has 4 radical (unpaired) electrons. The van der Waals surface area contributed by atoms with Gasteiger partial charge in [-0.1, -0.05) is 0 Å². The second-order valence-corrected chi connectivity index (χ2v) is 3.90. The van der Waals surface area contributed by atoms with Gasteiger partial charge in [0.05, 0.1) is 11.8 Å². The van der Waals surface area contributed by atoms with Crippen LogP contribution in [0.15, 0.2) is 0 Å². The average Bonchev–Trinajstić information content (AvgIpc) is 2.40. The van der Waals surface area contributed by atoms with E-state index in [1.54, 1.807) is 0 Å². The Kier molecular flexibility index (Phi) is 1.72. The van der Waals surface area contributed by atoms with E-state index in [1.807, 2.05) is 0 Å². The number of hydrogen-bond acceptors (Lipinski definition) is 3. The predicted octanol–water partition coefficient (Wildman–Crippen LogP) is 0.895. The Hall–Kier alpha value is -0.860. The number of hydrogen-bond donors (Lipinski definition) is 0. The third kappa shape index (κ3) is 1.10. The lowest BCUT2D eigenvalue weighted by Crippen LogP contribution is -2.29. The topological polar surface area (TPSA) is 43.4 Å². The van der Waals surface area contributed by atoms with Gasteiger partial charge in [-0.2, -0.15) is 0 Å². The average molecular weight is 178 g/mol. The fourth-order valence-electron chi connectivity index (χ4n) is 2.26. The molecule has 1 heterocycles. The van der Waals surface area contributed by atoms with Crippen molar-refractivity contribution in [2.24, 2.45) is 17.3 Å². The molecule has 1 saturated heterocycles. The molecule has 2 rings (SSSR count). The molecule has 0 N–H and O–H groups in total. The molecule has 68 valence electrons. The summed E-state index contributed by atoms with van der Waals surface area (Å²) < 4.78 is 4.50. The highest BCUT2D eigenvalue weighted by molar-refractivity contribution is 5.97. The van der Waals surface area contributed by atoms with Gasteiger partial charge in [-0.15, -0.1) is 0 Å². The summed E-state index contributed by atoms with van der Waals surface area (Å²) in [4.78, 5) is 22.3. The van der Waals surface area contributed by atoms with E-state index in [-0.39, 0.29) is 18.3 Å². The molecule has 3 atom stereocenters. The van der Waals surface area contributed by atoms with Crippen LogP contribution >= 0.6 is 0 Å². The van der Waals surface area contributed by atoms with Crippen LogP contribution in [0, 0.1) is 31.1 Å². The standard InChI is InChI=1S/C10H10O3/c1-6-3-7(2)10(4-6)5-8(11)13-9(10)12/h1-2,6-7H,3-5H2.